The lowest BCUT2D eigenvalue weighted by Crippen LogP contribution is -2.18. The van der Waals surface area contributed by atoms with Crippen LogP contribution in [0.5, 0.6) is 0 Å². The molecule has 0 fully saturated rings. The minimum Gasteiger partial charge on any atom is -0.317 e. The van der Waals surface area contributed by atoms with Gasteiger partial charge in [-0.2, -0.15) is 0 Å². The van der Waals surface area contributed by atoms with Gasteiger partial charge in [0, 0.05) is 0 Å². The van der Waals surface area contributed by atoms with Crippen molar-refractivity contribution < 1.29 is 0 Å². The van der Waals surface area contributed by atoms with Gasteiger partial charge < -0.3 is 5.32 Å². The Labute approximate surface area is 122 Å². The molecule has 116 valence electrons. The molecule has 1 nitrogen and oxygen atoms in total. The van der Waals surface area contributed by atoms with Crippen LogP contribution in [0.25, 0.3) is 0 Å². The van der Waals surface area contributed by atoms with Crippen molar-refractivity contribution in [3.63, 3.8) is 0 Å². The largest absolute Gasteiger partial charge is 0.317 e. The van der Waals surface area contributed by atoms with Gasteiger partial charge in [0.25, 0.3) is 0 Å². The first-order valence-electron chi connectivity index (χ1n) is 8.87. The molecule has 0 saturated heterocycles. The normalized spacial score (nSPS) is 13.1. The van der Waals surface area contributed by atoms with Crippen LogP contribution in [-0.2, 0) is 0 Å². The van der Waals surface area contributed by atoms with Crippen molar-refractivity contribution in [3.8, 4) is 0 Å². The summed E-state index contributed by atoms with van der Waals surface area (Å²) in [5.74, 6) is 1.77. The molecule has 0 aromatic rings. The third-order valence-corrected chi connectivity index (χ3v) is 4.00. The fourth-order valence-corrected chi connectivity index (χ4v) is 2.52. The molecule has 0 spiro atoms. The lowest BCUT2D eigenvalue weighted by atomic mass is 9.97. The van der Waals surface area contributed by atoms with Crippen LogP contribution in [0.4, 0.5) is 0 Å². The number of rotatable bonds is 14. The van der Waals surface area contributed by atoms with Gasteiger partial charge in [-0.3, -0.25) is 0 Å². The molecule has 0 radical (unpaired) electrons. The maximum absolute atomic E-state index is 3.61. The van der Waals surface area contributed by atoms with Gasteiger partial charge in [-0.15, -0.1) is 0 Å². The van der Waals surface area contributed by atoms with E-state index in [-0.39, 0.29) is 0 Å². The highest BCUT2D eigenvalue weighted by Gasteiger charge is 2.02. The Morgan fingerprint density at radius 3 is 2.05 bits per heavy atom. The van der Waals surface area contributed by atoms with Crippen LogP contribution in [0.2, 0.25) is 0 Å². The lowest BCUT2D eigenvalue weighted by molar-refractivity contribution is 0.424. The smallest absolute Gasteiger partial charge is 0.00464 e. The topological polar surface area (TPSA) is 12.0 Å². The van der Waals surface area contributed by atoms with Crippen LogP contribution >= 0.6 is 0 Å². The molecule has 1 N–H and O–H groups in total. The van der Waals surface area contributed by atoms with Crippen molar-refractivity contribution in [3.05, 3.63) is 0 Å². The molecule has 1 heteroatoms. The quantitative estimate of drug-likeness (QED) is 0.394. The summed E-state index contributed by atoms with van der Waals surface area (Å²) in [6.45, 7) is 11.8. The molecule has 0 amide bonds. The van der Waals surface area contributed by atoms with Gasteiger partial charge in [0.05, 0.1) is 0 Å². The predicted molar refractivity (Wildman–Crippen MR) is 88.7 cm³/mol. The van der Waals surface area contributed by atoms with E-state index in [0.717, 1.165) is 11.8 Å². The molecule has 0 aliphatic rings. The third-order valence-electron chi connectivity index (χ3n) is 4.00. The van der Waals surface area contributed by atoms with E-state index < -0.39 is 0 Å². The summed E-state index contributed by atoms with van der Waals surface area (Å²) >= 11 is 0. The van der Waals surface area contributed by atoms with E-state index in [1.54, 1.807) is 0 Å². The monoisotopic (exact) mass is 269 g/mol. The maximum Gasteiger partial charge on any atom is -0.00464 e. The van der Waals surface area contributed by atoms with Crippen LogP contribution in [0.15, 0.2) is 0 Å². The summed E-state index contributed by atoms with van der Waals surface area (Å²) < 4.78 is 0. The van der Waals surface area contributed by atoms with Gasteiger partial charge in [-0.1, -0.05) is 79.1 Å². The van der Waals surface area contributed by atoms with E-state index >= 15 is 0 Å². The molecule has 0 saturated carbocycles. The molecule has 0 aliphatic carbocycles. The predicted octanol–water partition coefficient (Wildman–Crippen LogP) is 5.79. The van der Waals surface area contributed by atoms with Crippen LogP contribution < -0.4 is 5.32 Å². The Morgan fingerprint density at radius 2 is 1.37 bits per heavy atom. The second-order valence-electron chi connectivity index (χ2n) is 6.74. The van der Waals surface area contributed by atoms with Crippen LogP contribution in [-0.4, -0.2) is 13.1 Å². The Bertz CT molecular complexity index is 165. The fourth-order valence-electron chi connectivity index (χ4n) is 2.52. The minimum absolute atomic E-state index is 0.873. The van der Waals surface area contributed by atoms with Crippen molar-refractivity contribution >= 4 is 0 Å². The molecule has 0 aliphatic heterocycles. The van der Waals surface area contributed by atoms with Gasteiger partial charge in [0.2, 0.25) is 0 Å². The average Bonchev–Trinajstić information content (AvgIpc) is 2.36. The second-order valence-corrected chi connectivity index (χ2v) is 6.74. The van der Waals surface area contributed by atoms with E-state index in [1.807, 2.05) is 0 Å². The first-order valence-corrected chi connectivity index (χ1v) is 8.87. The Balaban J connectivity index is 3.12. The summed E-state index contributed by atoms with van der Waals surface area (Å²) in [4.78, 5) is 0. The number of nitrogens with one attached hydrogen (secondary N) is 1. The van der Waals surface area contributed by atoms with Gasteiger partial charge in [-0.25, -0.2) is 0 Å². The molecule has 0 bridgehead atoms. The zero-order valence-electron chi connectivity index (χ0n) is 14.1. The standard InChI is InChI=1S/C18H39N/c1-5-6-7-8-9-10-15-19-16-14-18(4)13-11-12-17(2)3/h17-19H,5-16H2,1-4H3. The molecule has 1 atom stereocenters. The van der Waals surface area contributed by atoms with Gasteiger partial charge >= 0.3 is 0 Å². The summed E-state index contributed by atoms with van der Waals surface area (Å²) in [7, 11) is 0. The van der Waals surface area contributed by atoms with Crippen LogP contribution in [0.1, 0.15) is 91.9 Å². The Kier molecular flexibility index (Phi) is 14.3. The summed E-state index contributed by atoms with van der Waals surface area (Å²) in [6, 6.07) is 0. The van der Waals surface area contributed by atoms with Gasteiger partial charge in [0.1, 0.15) is 0 Å². The number of hydrogen-bond donors (Lipinski definition) is 1. The van der Waals surface area contributed by atoms with E-state index in [1.165, 1.54) is 77.3 Å². The van der Waals surface area contributed by atoms with E-state index in [0.29, 0.717) is 0 Å². The molecular formula is C18H39N. The van der Waals surface area contributed by atoms with Crippen molar-refractivity contribution in [2.75, 3.05) is 13.1 Å². The lowest BCUT2D eigenvalue weighted by Gasteiger charge is -2.12. The van der Waals surface area contributed by atoms with Gasteiger partial charge in [-0.05, 0) is 37.8 Å². The molecule has 0 rings (SSSR count). The number of unbranched alkanes of at least 4 members (excludes halogenated alkanes) is 5. The SMILES string of the molecule is CCCCCCCCNCCC(C)CCCC(C)C. The molecule has 0 aromatic carbocycles. The van der Waals surface area contributed by atoms with Crippen LogP contribution in [0, 0.1) is 11.8 Å². The van der Waals surface area contributed by atoms with Crippen molar-refractivity contribution in [2.45, 2.75) is 91.9 Å². The first kappa shape index (κ1) is 19.0. The fraction of sp³-hybridized carbons (Fsp3) is 1.00. The minimum atomic E-state index is 0.873. The molecule has 1 unspecified atom stereocenters. The van der Waals surface area contributed by atoms with Crippen LogP contribution in [0.3, 0.4) is 0 Å². The summed E-state index contributed by atoms with van der Waals surface area (Å²) in [5.41, 5.74) is 0. The molecular weight excluding hydrogens is 230 g/mol. The highest BCUT2D eigenvalue weighted by atomic mass is 14.8. The molecule has 0 heterocycles. The third kappa shape index (κ3) is 15.9. The zero-order valence-corrected chi connectivity index (χ0v) is 14.1. The van der Waals surface area contributed by atoms with Crippen molar-refractivity contribution in [1.29, 1.82) is 0 Å². The van der Waals surface area contributed by atoms with E-state index in [9.17, 15) is 0 Å². The van der Waals surface area contributed by atoms with E-state index in [4.69, 9.17) is 0 Å². The van der Waals surface area contributed by atoms with Gasteiger partial charge in [0.15, 0.2) is 0 Å². The van der Waals surface area contributed by atoms with Crippen molar-refractivity contribution in [1.82, 2.24) is 5.32 Å². The maximum atomic E-state index is 3.61. The second kappa shape index (κ2) is 14.4. The Morgan fingerprint density at radius 1 is 0.684 bits per heavy atom. The summed E-state index contributed by atoms with van der Waals surface area (Å²) in [5, 5.41) is 3.61. The zero-order chi connectivity index (χ0) is 14.3. The van der Waals surface area contributed by atoms with E-state index in [2.05, 4.69) is 33.0 Å². The first-order chi connectivity index (χ1) is 9.16. The average molecular weight is 270 g/mol. The molecule has 0 aromatic heterocycles. The highest BCUT2D eigenvalue weighted by Crippen LogP contribution is 2.14. The Hall–Kier alpha value is -0.0400. The molecule has 19 heavy (non-hydrogen) atoms. The van der Waals surface area contributed by atoms with Crippen molar-refractivity contribution in [2.24, 2.45) is 11.8 Å². The summed E-state index contributed by atoms with van der Waals surface area (Å²) in [6.07, 6.45) is 14.0. The number of hydrogen-bond acceptors (Lipinski definition) is 1. The highest BCUT2D eigenvalue weighted by molar-refractivity contribution is 4.58.